The number of hydrogen-bond donors (Lipinski definition) is 1. The third-order valence-electron chi connectivity index (χ3n) is 3.97. The number of hydrogen-bond acceptors (Lipinski definition) is 4. The van der Waals surface area contributed by atoms with Crippen LogP contribution in [0.3, 0.4) is 0 Å². The van der Waals surface area contributed by atoms with E-state index >= 15 is 0 Å². The first-order valence-corrected chi connectivity index (χ1v) is 7.23. The van der Waals surface area contributed by atoms with E-state index in [0.717, 1.165) is 19.6 Å². The molecule has 1 N–H and O–H groups in total. The normalized spacial score (nSPS) is 24.4. The summed E-state index contributed by atoms with van der Waals surface area (Å²) in [6.07, 6.45) is 4.20. The van der Waals surface area contributed by atoms with Crippen molar-refractivity contribution in [1.82, 2.24) is 15.2 Å². The minimum Gasteiger partial charge on any atom is -0.481 e. The molecule has 2 heterocycles. The van der Waals surface area contributed by atoms with E-state index in [1.54, 1.807) is 7.11 Å². The number of pyridine rings is 1. The summed E-state index contributed by atoms with van der Waals surface area (Å²) in [7, 11) is 1.67. The fraction of sp³-hybridized carbons (Fsp3) is 0.667. The maximum atomic E-state index is 5.20. The van der Waals surface area contributed by atoms with Crippen molar-refractivity contribution in [2.24, 2.45) is 0 Å². The Morgan fingerprint density at radius 2 is 2.26 bits per heavy atom. The Morgan fingerprint density at radius 1 is 1.42 bits per heavy atom. The van der Waals surface area contributed by atoms with Crippen molar-refractivity contribution in [3.05, 3.63) is 23.9 Å². The molecule has 1 aromatic heterocycles. The number of methoxy groups -OCH3 is 1. The second-order valence-corrected chi connectivity index (χ2v) is 5.21. The van der Waals surface area contributed by atoms with Gasteiger partial charge in [0.25, 0.3) is 0 Å². The second kappa shape index (κ2) is 6.87. The van der Waals surface area contributed by atoms with Crippen LogP contribution in [0.1, 0.15) is 32.3 Å². The predicted octanol–water partition coefficient (Wildman–Crippen LogP) is 2.05. The highest BCUT2D eigenvalue weighted by molar-refractivity contribution is 5.20. The monoisotopic (exact) mass is 263 g/mol. The fourth-order valence-corrected chi connectivity index (χ4v) is 2.69. The van der Waals surface area contributed by atoms with Crippen molar-refractivity contribution in [3.8, 4) is 5.88 Å². The van der Waals surface area contributed by atoms with Gasteiger partial charge in [0.15, 0.2) is 0 Å². The average molecular weight is 263 g/mol. The quantitative estimate of drug-likeness (QED) is 0.882. The van der Waals surface area contributed by atoms with Crippen molar-refractivity contribution in [1.29, 1.82) is 0 Å². The highest BCUT2D eigenvalue weighted by Gasteiger charge is 2.25. The fourth-order valence-electron chi connectivity index (χ4n) is 2.69. The molecule has 0 amide bonds. The number of aromatic nitrogens is 1. The van der Waals surface area contributed by atoms with Crippen LogP contribution in [-0.2, 0) is 6.54 Å². The number of ether oxygens (including phenoxy) is 1. The first-order chi connectivity index (χ1) is 9.26. The third-order valence-corrected chi connectivity index (χ3v) is 3.97. The molecule has 1 fully saturated rings. The Kier molecular flexibility index (Phi) is 5.16. The SMILES string of the molecule is CCC1CN(Cc2ccnc(OC)c2)C(CC)CN1. The summed E-state index contributed by atoms with van der Waals surface area (Å²) in [5, 5.41) is 3.63. The van der Waals surface area contributed by atoms with Gasteiger partial charge in [-0.1, -0.05) is 13.8 Å². The Morgan fingerprint density at radius 3 is 2.95 bits per heavy atom. The number of nitrogens with one attached hydrogen (secondary N) is 1. The molecule has 0 saturated carbocycles. The van der Waals surface area contributed by atoms with Crippen LogP contribution < -0.4 is 10.1 Å². The molecule has 1 aliphatic heterocycles. The molecule has 1 saturated heterocycles. The van der Waals surface area contributed by atoms with Gasteiger partial charge in [0.2, 0.25) is 5.88 Å². The maximum Gasteiger partial charge on any atom is 0.213 e. The molecule has 4 heteroatoms. The van der Waals surface area contributed by atoms with E-state index in [-0.39, 0.29) is 0 Å². The van der Waals surface area contributed by atoms with E-state index in [2.05, 4.69) is 35.1 Å². The van der Waals surface area contributed by atoms with Crippen LogP contribution in [-0.4, -0.2) is 42.2 Å². The van der Waals surface area contributed by atoms with Gasteiger partial charge in [-0.05, 0) is 24.5 Å². The van der Waals surface area contributed by atoms with E-state index in [9.17, 15) is 0 Å². The minimum atomic E-state index is 0.617. The zero-order chi connectivity index (χ0) is 13.7. The lowest BCUT2D eigenvalue weighted by Crippen LogP contribution is -2.55. The number of nitrogens with zero attached hydrogens (tertiary/aromatic N) is 2. The molecular formula is C15H25N3O. The van der Waals surface area contributed by atoms with Crippen molar-refractivity contribution < 1.29 is 4.74 Å². The number of piperazine rings is 1. The Bertz CT molecular complexity index is 397. The molecule has 2 atom stereocenters. The lowest BCUT2D eigenvalue weighted by molar-refractivity contribution is 0.117. The lowest BCUT2D eigenvalue weighted by Gasteiger charge is -2.40. The Hall–Kier alpha value is -1.13. The standard InChI is InChI=1S/C15H25N3O/c1-4-13-11-18(14(5-2)9-17-13)10-12-6-7-16-15(8-12)19-3/h6-8,13-14,17H,4-5,9-11H2,1-3H3. The smallest absolute Gasteiger partial charge is 0.213 e. The molecule has 0 bridgehead atoms. The second-order valence-electron chi connectivity index (χ2n) is 5.21. The lowest BCUT2D eigenvalue weighted by atomic mass is 10.0. The van der Waals surface area contributed by atoms with Crippen LogP contribution in [0.2, 0.25) is 0 Å². The van der Waals surface area contributed by atoms with Crippen molar-refractivity contribution in [2.45, 2.75) is 45.3 Å². The van der Waals surface area contributed by atoms with Crippen LogP contribution in [0.5, 0.6) is 5.88 Å². The molecule has 0 radical (unpaired) electrons. The highest BCUT2D eigenvalue weighted by atomic mass is 16.5. The molecule has 0 aliphatic carbocycles. The summed E-state index contributed by atoms with van der Waals surface area (Å²) < 4.78 is 5.20. The molecular weight excluding hydrogens is 238 g/mol. The van der Waals surface area contributed by atoms with Crippen molar-refractivity contribution in [3.63, 3.8) is 0 Å². The minimum absolute atomic E-state index is 0.617. The Balaban J connectivity index is 2.05. The molecule has 0 aromatic carbocycles. The predicted molar refractivity (Wildman–Crippen MR) is 77.4 cm³/mol. The van der Waals surface area contributed by atoms with Crippen LogP contribution in [0.4, 0.5) is 0 Å². The molecule has 2 unspecified atom stereocenters. The van der Waals surface area contributed by atoms with Crippen molar-refractivity contribution >= 4 is 0 Å². The maximum absolute atomic E-state index is 5.20. The van der Waals surface area contributed by atoms with Gasteiger partial charge in [-0.25, -0.2) is 4.98 Å². The summed E-state index contributed by atoms with van der Waals surface area (Å²) >= 11 is 0. The first-order valence-electron chi connectivity index (χ1n) is 7.23. The zero-order valence-electron chi connectivity index (χ0n) is 12.2. The molecule has 2 rings (SSSR count). The van der Waals surface area contributed by atoms with Gasteiger partial charge in [-0.3, -0.25) is 4.90 Å². The molecule has 106 valence electrons. The third kappa shape index (κ3) is 3.67. The van der Waals surface area contributed by atoms with Crippen LogP contribution in [0.25, 0.3) is 0 Å². The van der Waals surface area contributed by atoms with Gasteiger partial charge < -0.3 is 10.1 Å². The summed E-state index contributed by atoms with van der Waals surface area (Å²) in [5.41, 5.74) is 1.28. The molecule has 4 nitrogen and oxygen atoms in total. The highest BCUT2D eigenvalue weighted by Crippen LogP contribution is 2.17. The van der Waals surface area contributed by atoms with Gasteiger partial charge in [0, 0.05) is 44.0 Å². The van der Waals surface area contributed by atoms with Gasteiger partial charge in [0.05, 0.1) is 7.11 Å². The summed E-state index contributed by atoms with van der Waals surface area (Å²) in [4.78, 5) is 6.75. The molecule has 0 spiro atoms. The summed E-state index contributed by atoms with van der Waals surface area (Å²) in [6.45, 7) is 7.71. The summed E-state index contributed by atoms with van der Waals surface area (Å²) in [5.74, 6) is 0.702. The number of rotatable bonds is 5. The van der Waals surface area contributed by atoms with E-state index in [0.29, 0.717) is 18.0 Å². The van der Waals surface area contributed by atoms with E-state index in [4.69, 9.17) is 4.74 Å². The topological polar surface area (TPSA) is 37.4 Å². The Labute approximate surface area is 116 Å². The van der Waals surface area contributed by atoms with E-state index < -0.39 is 0 Å². The van der Waals surface area contributed by atoms with E-state index in [1.165, 1.54) is 18.4 Å². The zero-order valence-corrected chi connectivity index (χ0v) is 12.2. The molecule has 19 heavy (non-hydrogen) atoms. The van der Waals surface area contributed by atoms with Crippen molar-refractivity contribution in [2.75, 3.05) is 20.2 Å². The largest absolute Gasteiger partial charge is 0.481 e. The first kappa shape index (κ1) is 14.3. The van der Waals surface area contributed by atoms with Crippen LogP contribution in [0.15, 0.2) is 18.3 Å². The van der Waals surface area contributed by atoms with E-state index in [1.807, 2.05) is 12.3 Å². The van der Waals surface area contributed by atoms with Gasteiger partial charge in [-0.15, -0.1) is 0 Å². The molecule has 1 aliphatic rings. The summed E-state index contributed by atoms with van der Waals surface area (Å²) in [6, 6.07) is 5.36. The van der Waals surface area contributed by atoms with Crippen LogP contribution >= 0.6 is 0 Å². The average Bonchev–Trinajstić information content (AvgIpc) is 2.47. The van der Waals surface area contributed by atoms with Crippen LogP contribution in [0, 0.1) is 0 Å². The van der Waals surface area contributed by atoms with Gasteiger partial charge >= 0.3 is 0 Å². The molecule has 1 aromatic rings. The van der Waals surface area contributed by atoms with Gasteiger partial charge in [-0.2, -0.15) is 0 Å². The van der Waals surface area contributed by atoms with Gasteiger partial charge in [0.1, 0.15) is 0 Å².